The maximum Gasteiger partial charge on any atom is 0.0807 e. The minimum absolute atomic E-state index is 0.118. The zero-order valence-electron chi connectivity index (χ0n) is 9.51. The molecule has 0 aromatic heterocycles. The van der Waals surface area contributed by atoms with Crippen LogP contribution in [0.25, 0.3) is 0 Å². The number of hydrogen-bond acceptors (Lipinski definition) is 2. The molecule has 1 aliphatic heterocycles. The van der Waals surface area contributed by atoms with E-state index < -0.39 is 0 Å². The van der Waals surface area contributed by atoms with Crippen LogP contribution in [-0.2, 0) is 4.74 Å². The van der Waals surface area contributed by atoms with E-state index in [0.717, 1.165) is 19.1 Å². The largest absolute Gasteiger partial charge is 0.372 e. The zero-order chi connectivity index (χ0) is 10.0. The number of ether oxygens (including phenoxy) is 1. The van der Waals surface area contributed by atoms with E-state index in [-0.39, 0.29) is 5.60 Å². The van der Waals surface area contributed by atoms with E-state index >= 15 is 0 Å². The van der Waals surface area contributed by atoms with Crippen molar-refractivity contribution < 1.29 is 4.74 Å². The molecule has 0 spiro atoms. The highest BCUT2D eigenvalue weighted by molar-refractivity contribution is 4.91. The Labute approximate surface area is 87.4 Å². The first-order valence-corrected chi connectivity index (χ1v) is 6.08. The fourth-order valence-corrected chi connectivity index (χ4v) is 2.78. The van der Waals surface area contributed by atoms with Crippen molar-refractivity contribution in [3.63, 3.8) is 0 Å². The Morgan fingerprint density at radius 3 is 2.50 bits per heavy atom. The zero-order valence-corrected chi connectivity index (χ0v) is 9.51. The first kappa shape index (κ1) is 10.4. The van der Waals surface area contributed by atoms with E-state index in [0.29, 0.717) is 6.04 Å². The Kier molecular flexibility index (Phi) is 3.13. The summed E-state index contributed by atoms with van der Waals surface area (Å²) in [5, 5.41) is 3.54. The van der Waals surface area contributed by atoms with Crippen LogP contribution in [0.5, 0.6) is 0 Å². The molecule has 0 amide bonds. The van der Waals surface area contributed by atoms with Crippen molar-refractivity contribution in [2.45, 2.75) is 57.6 Å². The van der Waals surface area contributed by atoms with Gasteiger partial charge in [0.15, 0.2) is 0 Å². The van der Waals surface area contributed by atoms with Crippen LogP contribution in [0, 0.1) is 5.92 Å². The second-order valence-corrected chi connectivity index (χ2v) is 5.24. The van der Waals surface area contributed by atoms with Crippen LogP contribution in [-0.4, -0.2) is 24.8 Å². The standard InChI is InChI=1S/C12H23NO/c1-10-8-14-12(2,9-13-10)11-6-4-3-5-7-11/h10-11,13H,3-9H2,1-2H3. The lowest BCUT2D eigenvalue weighted by molar-refractivity contribution is -0.112. The van der Waals surface area contributed by atoms with Gasteiger partial charge in [-0.3, -0.25) is 0 Å². The molecule has 0 bridgehead atoms. The third-order valence-electron chi connectivity index (χ3n) is 3.93. The van der Waals surface area contributed by atoms with E-state index in [4.69, 9.17) is 4.74 Å². The lowest BCUT2D eigenvalue weighted by atomic mass is 9.77. The first-order valence-electron chi connectivity index (χ1n) is 6.08. The summed E-state index contributed by atoms with van der Waals surface area (Å²) in [4.78, 5) is 0. The summed E-state index contributed by atoms with van der Waals surface area (Å²) in [6, 6.07) is 0.534. The Morgan fingerprint density at radius 1 is 1.21 bits per heavy atom. The summed E-state index contributed by atoms with van der Waals surface area (Å²) >= 11 is 0. The molecular formula is C12H23NO. The normalized spacial score (nSPS) is 41.1. The maximum absolute atomic E-state index is 6.05. The Hall–Kier alpha value is -0.0800. The minimum atomic E-state index is 0.118. The van der Waals surface area contributed by atoms with Crippen molar-refractivity contribution in [3.05, 3.63) is 0 Å². The summed E-state index contributed by atoms with van der Waals surface area (Å²) in [6.07, 6.45) is 6.97. The second kappa shape index (κ2) is 4.19. The molecule has 0 aromatic carbocycles. The molecule has 1 N–H and O–H groups in total. The highest BCUT2D eigenvalue weighted by atomic mass is 16.5. The molecule has 2 heteroatoms. The number of nitrogens with one attached hydrogen (secondary N) is 1. The van der Waals surface area contributed by atoms with Crippen molar-refractivity contribution in [1.29, 1.82) is 0 Å². The van der Waals surface area contributed by atoms with E-state index in [1.54, 1.807) is 0 Å². The minimum Gasteiger partial charge on any atom is -0.372 e. The van der Waals surface area contributed by atoms with Gasteiger partial charge in [0, 0.05) is 12.6 Å². The van der Waals surface area contributed by atoms with Crippen LogP contribution >= 0.6 is 0 Å². The average Bonchev–Trinajstić information content (AvgIpc) is 2.24. The maximum atomic E-state index is 6.05. The average molecular weight is 197 g/mol. The van der Waals surface area contributed by atoms with Gasteiger partial charge in [-0.2, -0.15) is 0 Å². The molecule has 82 valence electrons. The van der Waals surface area contributed by atoms with Gasteiger partial charge in [-0.25, -0.2) is 0 Å². The summed E-state index contributed by atoms with van der Waals surface area (Å²) in [5.74, 6) is 0.788. The molecule has 14 heavy (non-hydrogen) atoms. The first-order chi connectivity index (χ1) is 6.71. The van der Waals surface area contributed by atoms with Crippen molar-refractivity contribution >= 4 is 0 Å². The third kappa shape index (κ3) is 2.12. The molecule has 1 aliphatic carbocycles. The fraction of sp³-hybridized carbons (Fsp3) is 1.00. The molecule has 2 fully saturated rings. The molecule has 2 aliphatic rings. The van der Waals surface area contributed by atoms with Crippen molar-refractivity contribution in [2.24, 2.45) is 5.92 Å². The lowest BCUT2D eigenvalue weighted by Crippen LogP contribution is -2.55. The van der Waals surface area contributed by atoms with Gasteiger partial charge in [-0.1, -0.05) is 19.3 Å². The molecule has 0 radical (unpaired) electrons. The van der Waals surface area contributed by atoms with Crippen molar-refractivity contribution in [2.75, 3.05) is 13.2 Å². The number of rotatable bonds is 1. The summed E-state index contributed by atoms with van der Waals surface area (Å²) < 4.78 is 6.05. The molecule has 2 rings (SSSR count). The van der Waals surface area contributed by atoms with Crippen LogP contribution in [0.15, 0.2) is 0 Å². The van der Waals surface area contributed by atoms with E-state index in [9.17, 15) is 0 Å². The molecule has 2 nitrogen and oxygen atoms in total. The van der Waals surface area contributed by atoms with Gasteiger partial charge in [0.25, 0.3) is 0 Å². The fourth-order valence-electron chi connectivity index (χ4n) is 2.78. The van der Waals surface area contributed by atoms with Gasteiger partial charge < -0.3 is 10.1 Å². The Balaban J connectivity index is 1.93. The predicted octanol–water partition coefficient (Wildman–Crippen LogP) is 2.33. The van der Waals surface area contributed by atoms with Crippen LogP contribution in [0.3, 0.4) is 0 Å². The van der Waals surface area contributed by atoms with Crippen LogP contribution < -0.4 is 5.32 Å². The van der Waals surface area contributed by atoms with Crippen molar-refractivity contribution in [3.8, 4) is 0 Å². The monoisotopic (exact) mass is 197 g/mol. The summed E-state index contributed by atoms with van der Waals surface area (Å²) in [7, 11) is 0. The van der Waals surface area contributed by atoms with E-state index in [2.05, 4.69) is 19.2 Å². The van der Waals surface area contributed by atoms with Gasteiger partial charge in [0.05, 0.1) is 12.2 Å². The molecule has 1 saturated heterocycles. The highest BCUT2D eigenvalue weighted by Gasteiger charge is 2.38. The van der Waals surface area contributed by atoms with E-state index in [1.165, 1.54) is 32.1 Å². The predicted molar refractivity (Wildman–Crippen MR) is 58.4 cm³/mol. The topological polar surface area (TPSA) is 21.3 Å². The second-order valence-electron chi connectivity index (χ2n) is 5.24. The Bertz CT molecular complexity index is 179. The number of hydrogen-bond donors (Lipinski definition) is 1. The molecule has 1 saturated carbocycles. The highest BCUT2D eigenvalue weighted by Crippen LogP contribution is 2.35. The summed E-state index contributed by atoms with van der Waals surface area (Å²) in [5.41, 5.74) is 0.118. The third-order valence-corrected chi connectivity index (χ3v) is 3.93. The molecular weight excluding hydrogens is 174 g/mol. The van der Waals surface area contributed by atoms with Gasteiger partial charge in [-0.05, 0) is 32.6 Å². The smallest absolute Gasteiger partial charge is 0.0807 e. The Morgan fingerprint density at radius 2 is 1.93 bits per heavy atom. The molecule has 2 unspecified atom stereocenters. The van der Waals surface area contributed by atoms with Gasteiger partial charge in [-0.15, -0.1) is 0 Å². The summed E-state index contributed by atoms with van der Waals surface area (Å²) in [6.45, 7) is 6.41. The van der Waals surface area contributed by atoms with Crippen LogP contribution in [0.4, 0.5) is 0 Å². The molecule has 0 aromatic rings. The van der Waals surface area contributed by atoms with Gasteiger partial charge >= 0.3 is 0 Å². The van der Waals surface area contributed by atoms with Crippen molar-refractivity contribution in [1.82, 2.24) is 5.32 Å². The SMILES string of the molecule is CC1COC(C)(C2CCCCC2)CN1. The molecule has 2 atom stereocenters. The number of morpholine rings is 1. The van der Waals surface area contributed by atoms with Gasteiger partial charge in [0.2, 0.25) is 0 Å². The van der Waals surface area contributed by atoms with Crippen LogP contribution in [0.2, 0.25) is 0 Å². The van der Waals surface area contributed by atoms with Gasteiger partial charge in [0.1, 0.15) is 0 Å². The van der Waals surface area contributed by atoms with E-state index in [1.807, 2.05) is 0 Å². The molecule has 1 heterocycles. The quantitative estimate of drug-likeness (QED) is 0.696. The lowest BCUT2D eigenvalue weighted by Gasteiger charge is -2.44. The van der Waals surface area contributed by atoms with Crippen LogP contribution in [0.1, 0.15) is 46.0 Å².